The molecule has 1 aromatic heterocycles. The molecule has 1 amide bonds. The van der Waals surface area contributed by atoms with Gasteiger partial charge in [-0.1, -0.05) is 43.1 Å². The van der Waals surface area contributed by atoms with Gasteiger partial charge in [0.1, 0.15) is 5.78 Å². The summed E-state index contributed by atoms with van der Waals surface area (Å²) in [5.41, 5.74) is 0.0927. The highest BCUT2D eigenvalue weighted by Crippen LogP contribution is 2.72. The van der Waals surface area contributed by atoms with Crippen molar-refractivity contribution in [1.29, 1.82) is 0 Å². The Balaban J connectivity index is 1.48. The van der Waals surface area contributed by atoms with Crippen LogP contribution in [0.4, 0.5) is 10.1 Å². The third-order valence-electron chi connectivity index (χ3n) is 10.9. The maximum Gasteiger partial charge on any atom is 0.236 e. The highest BCUT2D eigenvalue weighted by Gasteiger charge is 2.72. The Labute approximate surface area is 256 Å². The molecule has 0 unspecified atom stereocenters. The van der Waals surface area contributed by atoms with Crippen LogP contribution in [0.15, 0.2) is 30.5 Å². The van der Waals surface area contributed by atoms with Crippen LogP contribution in [-0.2, 0) is 19.7 Å². The summed E-state index contributed by atoms with van der Waals surface area (Å²) in [5, 5.41) is 12.6. The van der Waals surface area contributed by atoms with Crippen molar-refractivity contribution in [2.75, 3.05) is 18.5 Å². The van der Waals surface area contributed by atoms with E-state index in [1.54, 1.807) is 18.2 Å². The molecule has 226 valence electrons. The van der Waals surface area contributed by atoms with Crippen molar-refractivity contribution in [3.63, 3.8) is 0 Å². The Morgan fingerprint density at radius 3 is 2.62 bits per heavy atom. The zero-order chi connectivity index (χ0) is 29.9. The van der Waals surface area contributed by atoms with E-state index >= 15 is 4.39 Å². The number of rotatable bonds is 6. The van der Waals surface area contributed by atoms with Crippen LogP contribution in [0, 0.1) is 28.5 Å². The van der Waals surface area contributed by atoms with Crippen LogP contribution in [0.5, 0.6) is 0 Å². The van der Waals surface area contributed by atoms with Crippen LogP contribution >= 0.6 is 23.2 Å². The molecule has 1 aromatic carbocycles. The smallest absolute Gasteiger partial charge is 0.236 e. The Kier molecular flexibility index (Phi) is 7.95. The standard InChI is InChI=1S/C33H39Cl2FN2O4/c1-31(2)9-11-32(12-10-31)17-23(26(40)15-19-3-5-21(8-14-39)42-18-19)27(22-7-13-37-29(35)28(22)36)33(32)24-6-4-20(34)16-25(24)38-30(33)41/h4,6-7,13,16,19,21,23,27,39H,3,5,8-12,14-15,17-18H2,1-2H3,(H,38,41)/t19-,21-,23-,27-,33+/m0/s1. The number of halogens is 3. The SMILES string of the molecule is CC1(C)CCC2(CC1)C[C@@H](C(=O)C[C@@H]1CC[C@@H](CCO)OC1)[C@H](c1ccnc(Cl)c1F)[C@]21C(=O)Nc2cc(Cl)ccc21. The van der Waals surface area contributed by atoms with Crippen molar-refractivity contribution in [1.82, 2.24) is 4.98 Å². The second-order valence-corrected chi connectivity index (χ2v) is 14.6. The summed E-state index contributed by atoms with van der Waals surface area (Å²) in [6, 6.07) is 7.04. The van der Waals surface area contributed by atoms with E-state index < -0.39 is 28.5 Å². The lowest BCUT2D eigenvalue weighted by Gasteiger charge is -2.51. The highest BCUT2D eigenvalue weighted by atomic mass is 35.5. The van der Waals surface area contributed by atoms with Crippen LogP contribution < -0.4 is 5.32 Å². The molecule has 2 aliphatic heterocycles. The Hall–Kier alpha value is -2.06. The Morgan fingerprint density at radius 1 is 1.17 bits per heavy atom. The Morgan fingerprint density at radius 2 is 1.93 bits per heavy atom. The van der Waals surface area contributed by atoms with Crippen LogP contribution in [0.2, 0.25) is 10.2 Å². The number of aromatic nitrogens is 1. The number of pyridine rings is 1. The molecule has 9 heteroatoms. The third kappa shape index (κ3) is 4.79. The number of anilines is 1. The molecule has 3 heterocycles. The van der Waals surface area contributed by atoms with Crippen molar-refractivity contribution in [2.45, 2.75) is 89.1 Å². The molecule has 6 rings (SSSR count). The summed E-state index contributed by atoms with van der Waals surface area (Å²) in [4.78, 5) is 33.0. The number of Topliss-reactive ketones (excluding diaryl/α,β-unsaturated/α-hetero) is 1. The summed E-state index contributed by atoms with van der Waals surface area (Å²) < 4.78 is 22.0. The van der Waals surface area contributed by atoms with Crippen molar-refractivity contribution < 1.29 is 23.8 Å². The number of carbonyl (C=O) groups is 2. The molecule has 0 bridgehead atoms. The number of amides is 1. The molecular formula is C33H39Cl2FN2O4. The lowest BCUT2D eigenvalue weighted by molar-refractivity contribution is -0.127. The van der Waals surface area contributed by atoms with E-state index in [9.17, 15) is 14.7 Å². The minimum absolute atomic E-state index is 0.0104. The topological polar surface area (TPSA) is 88.5 Å². The molecule has 2 aliphatic carbocycles. The Bertz CT molecular complexity index is 1380. The zero-order valence-electron chi connectivity index (χ0n) is 24.2. The fourth-order valence-corrected chi connectivity index (χ4v) is 9.07. The predicted octanol–water partition coefficient (Wildman–Crippen LogP) is 7.24. The normalized spacial score (nSPS) is 31.3. The first-order valence-electron chi connectivity index (χ1n) is 15.2. The van der Waals surface area contributed by atoms with E-state index in [4.69, 9.17) is 27.9 Å². The van der Waals surface area contributed by atoms with E-state index in [0.717, 1.165) is 44.1 Å². The van der Waals surface area contributed by atoms with Crippen LogP contribution in [-0.4, -0.2) is 41.1 Å². The molecule has 2 saturated carbocycles. The number of carbonyl (C=O) groups excluding carboxylic acids is 2. The molecule has 3 fully saturated rings. The van der Waals surface area contributed by atoms with Gasteiger partial charge in [0.25, 0.3) is 0 Å². The summed E-state index contributed by atoms with van der Waals surface area (Å²) in [6.45, 7) is 5.03. The number of benzene rings is 1. The minimum Gasteiger partial charge on any atom is -0.396 e. The largest absolute Gasteiger partial charge is 0.396 e. The van der Waals surface area contributed by atoms with E-state index in [2.05, 4.69) is 24.1 Å². The average molecular weight is 618 g/mol. The van der Waals surface area contributed by atoms with E-state index in [1.807, 2.05) is 6.07 Å². The third-order valence-corrected chi connectivity index (χ3v) is 11.4. The maximum atomic E-state index is 16.0. The molecule has 2 spiro atoms. The number of fused-ring (bicyclic) bond motifs is 3. The highest BCUT2D eigenvalue weighted by molar-refractivity contribution is 6.31. The first kappa shape index (κ1) is 30.0. The fraction of sp³-hybridized carbons (Fsp3) is 0.606. The number of aliphatic hydroxyl groups is 1. The molecular weight excluding hydrogens is 578 g/mol. The minimum atomic E-state index is -1.16. The van der Waals surface area contributed by atoms with E-state index in [1.165, 1.54) is 6.20 Å². The first-order valence-corrected chi connectivity index (χ1v) is 15.9. The van der Waals surface area contributed by atoms with Crippen molar-refractivity contribution in [3.05, 3.63) is 57.6 Å². The van der Waals surface area contributed by atoms with Gasteiger partial charge < -0.3 is 15.2 Å². The lowest BCUT2D eigenvalue weighted by atomic mass is 9.51. The quantitative estimate of drug-likeness (QED) is 0.334. The van der Waals surface area contributed by atoms with Gasteiger partial charge in [-0.25, -0.2) is 9.37 Å². The average Bonchev–Trinajstić information content (AvgIpc) is 3.41. The monoisotopic (exact) mass is 616 g/mol. The van der Waals surface area contributed by atoms with Crippen molar-refractivity contribution in [2.24, 2.45) is 22.7 Å². The summed E-state index contributed by atoms with van der Waals surface area (Å²) >= 11 is 12.6. The molecule has 2 N–H and O–H groups in total. The molecule has 1 saturated heterocycles. The van der Waals surface area contributed by atoms with Gasteiger partial charge in [-0.15, -0.1) is 0 Å². The summed E-state index contributed by atoms with van der Waals surface area (Å²) in [5.74, 6) is -2.11. The van der Waals surface area contributed by atoms with Gasteiger partial charge in [0.05, 0.1) is 18.1 Å². The molecule has 0 radical (unpaired) electrons. The van der Waals surface area contributed by atoms with Crippen LogP contribution in [0.25, 0.3) is 0 Å². The molecule has 42 heavy (non-hydrogen) atoms. The zero-order valence-corrected chi connectivity index (χ0v) is 25.7. The second kappa shape index (κ2) is 11.1. The van der Waals surface area contributed by atoms with Gasteiger partial charge >= 0.3 is 0 Å². The van der Waals surface area contributed by atoms with Gasteiger partial charge in [0.2, 0.25) is 5.91 Å². The van der Waals surface area contributed by atoms with Gasteiger partial charge in [-0.2, -0.15) is 0 Å². The lowest BCUT2D eigenvalue weighted by Crippen LogP contribution is -2.52. The number of nitrogens with one attached hydrogen (secondary N) is 1. The van der Waals surface area contributed by atoms with Crippen molar-refractivity contribution >= 4 is 40.6 Å². The molecule has 4 aliphatic rings. The molecule has 2 aromatic rings. The van der Waals surface area contributed by atoms with Gasteiger partial charge in [-0.05, 0) is 97.4 Å². The van der Waals surface area contributed by atoms with Gasteiger partial charge in [0, 0.05) is 41.8 Å². The van der Waals surface area contributed by atoms with Gasteiger partial charge in [0.15, 0.2) is 11.0 Å². The molecule has 5 atom stereocenters. The fourth-order valence-electron chi connectivity index (χ4n) is 8.73. The molecule has 6 nitrogen and oxygen atoms in total. The van der Waals surface area contributed by atoms with Gasteiger partial charge in [-0.3, -0.25) is 9.59 Å². The second-order valence-electron chi connectivity index (χ2n) is 13.8. The van der Waals surface area contributed by atoms with E-state index in [-0.39, 0.29) is 46.5 Å². The summed E-state index contributed by atoms with van der Waals surface area (Å²) in [7, 11) is 0. The first-order chi connectivity index (χ1) is 20.0. The van der Waals surface area contributed by atoms with Crippen LogP contribution in [0.3, 0.4) is 0 Å². The number of ketones is 1. The van der Waals surface area contributed by atoms with Crippen molar-refractivity contribution in [3.8, 4) is 0 Å². The number of aliphatic hydroxyl groups excluding tert-OH is 1. The number of hydrogen-bond acceptors (Lipinski definition) is 5. The maximum absolute atomic E-state index is 16.0. The van der Waals surface area contributed by atoms with Crippen LogP contribution in [0.1, 0.15) is 88.7 Å². The number of nitrogens with zero attached hydrogens (tertiary/aromatic N) is 1. The summed E-state index contributed by atoms with van der Waals surface area (Å²) in [6.07, 6.45) is 7.82. The predicted molar refractivity (Wildman–Crippen MR) is 160 cm³/mol. The number of ether oxygens (including phenoxy) is 1. The number of hydrogen-bond donors (Lipinski definition) is 2. The van der Waals surface area contributed by atoms with E-state index in [0.29, 0.717) is 36.6 Å².